The van der Waals surface area contributed by atoms with Crippen LogP contribution in [0.2, 0.25) is 0 Å². The summed E-state index contributed by atoms with van der Waals surface area (Å²) in [4.78, 5) is 22.7. The van der Waals surface area contributed by atoms with Crippen molar-refractivity contribution in [3.8, 4) is 0 Å². The van der Waals surface area contributed by atoms with Gasteiger partial charge in [-0.05, 0) is 31.4 Å². The van der Waals surface area contributed by atoms with Crippen LogP contribution in [0.15, 0.2) is 16.5 Å². The number of alkyl halides is 3. The summed E-state index contributed by atoms with van der Waals surface area (Å²) in [6.07, 6.45) is -3.83. The van der Waals surface area contributed by atoms with Crippen molar-refractivity contribution in [1.29, 1.82) is 0 Å². The SMILES string of the molecule is O=C(O)c1ccc(C(=O)C2CCCC(C(F)(F)F)C2)o1. The Hall–Kier alpha value is -1.79. The van der Waals surface area contributed by atoms with Crippen LogP contribution in [-0.2, 0) is 0 Å². The van der Waals surface area contributed by atoms with E-state index in [1.807, 2.05) is 0 Å². The Morgan fingerprint density at radius 3 is 2.40 bits per heavy atom. The fourth-order valence-electron chi connectivity index (χ4n) is 2.51. The highest BCUT2D eigenvalue weighted by molar-refractivity contribution is 5.96. The molecule has 0 aromatic carbocycles. The highest BCUT2D eigenvalue weighted by Gasteiger charge is 2.44. The molecule has 7 heteroatoms. The molecule has 0 amide bonds. The van der Waals surface area contributed by atoms with Crippen LogP contribution >= 0.6 is 0 Å². The van der Waals surface area contributed by atoms with Gasteiger partial charge in [-0.1, -0.05) is 6.42 Å². The molecule has 1 aromatic heterocycles. The van der Waals surface area contributed by atoms with E-state index >= 15 is 0 Å². The molecule has 2 unspecified atom stereocenters. The van der Waals surface area contributed by atoms with E-state index in [-0.39, 0.29) is 18.6 Å². The lowest BCUT2D eigenvalue weighted by atomic mass is 9.78. The van der Waals surface area contributed by atoms with Gasteiger partial charge in [-0.3, -0.25) is 4.79 Å². The van der Waals surface area contributed by atoms with E-state index in [0.29, 0.717) is 12.8 Å². The third-order valence-corrected chi connectivity index (χ3v) is 3.57. The van der Waals surface area contributed by atoms with E-state index in [2.05, 4.69) is 0 Å². The zero-order valence-corrected chi connectivity index (χ0v) is 10.4. The first-order chi connectivity index (χ1) is 9.29. The predicted octanol–water partition coefficient (Wildman–Crippen LogP) is 3.53. The minimum Gasteiger partial charge on any atom is -0.475 e. The van der Waals surface area contributed by atoms with Crippen LogP contribution < -0.4 is 0 Å². The maximum Gasteiger partial charge on any atom is 0.391 e. The van der Waals surface area contributed by atoms with Crippen molar-refractivity contribution in [2.75, 3.05) is 0 Å². The van der Waals surface area contributed by atoms with Gasteiger partial charge in [0.1, 0.15) is 0 Å². The molecule has 1 saturated carbocycles. The van der Waals surface area contributed by atoms with E-state index in [1.54, 1.807) is 0 Å². The van der Waals surface area contributed by atoms with Crippen LogP contribution in [-0.4, -0.2) is 23.0 Å². The van der Waals surface area contributed by atoms with Crippen molar-refractivity contribution < 1.29 is 32.3 Å². The van der Waals surface area contributed by atoms with Gasteiger partial charge in [0, 0.05) is 5.92 Å². The number of aromatic carboxylic acids is 1. The van der Waals surface area contributed by atoms with Crippen LogP contribution in [0.3, 0.4) is 0 Å². The number of halogens is 3. The molecule has 20 heavy (non-hydrogen) atoms. The van der Waals surface area contributed by atoms with Gasteiger partial charge in [0.05, 0.1) is 5.92 Å². The van der Waals surface area contributed by atoms with E-state index in [0.717, 1.165) is 6.07 Å². The maximum absolute atomic E-state index is 12.7. The van der Waals surface area contributed by atoms with Gasteiger partial charge in [-0.15, -0.1) is 0 Å². The van der Waals surface area contributed by atoms with Crippen molar-refractivity contribution in [1.82, 2.24) is 0 Å². The van der Waals surface area contributed by atoms with E-state index in [1.165, 1.54) is 6.07 Å². The summed E-state index contributed by atoms with van der Waals surface area (Å²) >= 11 is 0. The number of hydrogen-bond donors (Lipinski definition) is 1. The number of carboxylic acid groups (broad SMARTS) is 1. The fourth-order valence-corrected chi connectivity index (χ4v) is 2.51. The Kier molecular flexibility index (Phi) is 3.87. The van der Waals surface area contributed by atoms with Gasteiger partial charge in [-0.2, -0.15) is 13.2 Å². The van der Waals surface area contributed by atoms with Crippen LogP contribution in [0, 0.1) is 11.8 Å². The molecule has 2 rings (SSSR count). The zero-order chi connectivity index (χ0) is 14.9. The van der Waals surface area contributed by atoms with Gasteiger partial charge in [0.15, 0.2) is 5.76 Å². The largest absolute Gasteiger partial charge is 0.475 e. The molecular formula is C13H13F3O4. The first-order valence-electron chi connectivity index (χ1n) is 6.23. The number of carbonyl (C=O) groups is 2. The normalized spacial score (nSPS) is 23.6. The smallest absolute Gasteiger partial charge is 0.391 e. The molecule has 0 radical (unpaired) electrons. The van der Waals surface area contributed by atoms with Crippen molar-refractivity contribution in [3.05, 3.63) is 23.7 Å². The van der Waals surface area contributed by atoms with Crippen LogP contribution in [0.5, 0.6) is 0 Å². The molecule has 1 fully saturated rings. The van der Waals surface area contributed by atoms with E-state index in [9.17, 15) is 22.8 Å². The van der Waals surface area contributed by atoms with Crippen LogP contribution in [0.1, 0.15) is 46.8 Å². The molecule has 1 aliphatic carbocycles. The van der Waals surface area contributed by atoms with E-state index in [4.69, 9.17) is 9.52 Å². The average molecular weight is 290 g/mol. The zero-order valence-electron chi connectivity index (χ0n) is 10.4. The fraction of sp³-hybridized carbons (Fsp3) is 0.538. The second kappa shape index (κ2) is 5.30. The molecule has 2 atom stereocenters. The summed E-state index contributed by atoms with van der Waals surface area (Å²) in [7, 11) is 0. The second-order valence-corrected chi connectivity index (χ2v) is 4.94. The Labute approximate surface area is 112 Å². The van der Waals surface area contributed by atoms with Crippen molar-refractivity contribution in [2.24, 2.45) is 11.8 Å². The number of rotatable bonds is 3. The van der Waals surface area contributed by atoms with Crippen molar-refractivity contribution in [3.63, 3.8) is 0 Å². The van der Waals surface area contributed by atoms with Gasteiger partial charge in [0.2, 0.25) is 11.5 Å². The molecule has 1 N–H and O–H groups in total. The lowest BCUT2D eigenvalue weighted by Gasteiger charge is -2.29. The number of ketones is 1. The maximum atomic E-state index is 12.7. The standard InChI is InChI=1S/C13H13F3O4/c14-13(15,16)8-3-1-2-7(6-8)11(17)9-4-5-10(20-9)12(18)19/h4-5,7-8H,1-3,6H2,(H,18,19). The molecule has 1 heterocycles. The van der Waals surface area contributed by atoms with Crippen molar-refractivity contribution >= 4 is 11.8 Å². The summed E-state index contributed by atoms with van der Waals surface area (Å²) < 4.78 is 42.9. The lowest BCUT2D eigenvalue weighted by Crippen LogP contribution is -2.31. The molecule has 4 nitrogen and oxygen atoms in total. The third kappa shape index (κ3) is 3.02. The summed E-state index contributed by atoms with van der Waals surface area (Å²) in [5.74, 6) is -4.68. The minimum absolute atomic E-state index is 0.0335. The molecule has 0 aliphatic heterocycles. The Balaban J connectivity index is 2.10. The van der Waals surface area contributed by atoms with Crippen LogP contribution in [0.25, 0.3) is 0 Å². The molecule has 1 aliphatic rings. The van der Waals surface area contributed by atoms with Gasteiger partial charge in [0.25, 0.3) is 0 Å². The quantitative estimate of drug-likeness (QED) is 0.865. The molecule has 0 spiro atoms. The van der Waals surface area contributed by atoms with Gasteiger partial charge >= 0.3 is 12.1 Å². The summed E-state index contributed by atoms with van der Waals surface area (Å²) in [6, 6.07) is 2.32. The topological polar surface area (TPSA) is 67.5 Å². The summed E-state index contributed by atoms with van der Waals surface area (Å²) in [6.45, 7) is 0. The Morgan fingerprint density at radius 1 is 1.20 bits per heavy atom. The van der Waals surface area contributed by atoms with E-state index < -0.39 is 35.5 Å². The molecule has 110 valence electrons. The summed E-state index contributed by atoms with van der Waals surface area (Å²) in [5.41, 5.74) is 0. The summed E-state index contributed by atoms with van der Waals surface area (Å²) in [5, 5.41) is 8.69. The third-order valence-electron chi connectivity index (χ3n) is 3.57. The van der Waals surface area contributed by atoms with Crippen LogP contribution in [0.4, 0.5) is 13.2 Å². The first-order valence-corrected chi connectivity index (χ1v) is 6.23. The van der Waals surface area contributed by atoms with Crippen molar-refractivity contribution in [2.45, 2.75) is 31.9 Å². The Morgan fingerprint density at radius 2 is 1.85 bits per heavy atom. The monoisotopic (exact) mass is 290 g/mol. The molecule has 0 saturated heterocycles. The molecule has 1 aromatic rings. The highest BCUT2D eigenvalue weighted by Crippen LogP contribution is 2.40. The number of carbonyl (C=O) groups excluding carboxylic acids is 1. The average Bonchev–Trinajstić information content (AvgIpc) is 2.87. The minimum atomic E-state index is -4.30. The highest BCUT2D eigenvalue weighted by atomic mass is 19.4. The number of hydrogen-bond acceptors (Lipinski definition) is 3. The molecule has 0 bridgehead atoms. The number of carboxylic acids is 1. The Bertz CT molecular complexity index is 518. The second-order valence-electron chi connectivity index (χ2n) is 4.94. The predicted molar refractivity (Wildman–Crippen MR) is 61.5 cm³/mol. The number of Topliss-reactive ketones (excluding diaryl/α,β-unsaturated/α-hetero) is 1. The lowest BCUT2D eigenvalue weighted by molar-refractivity contribution is -0.184. The van der Waals surface area contributed by atoms with Gasteiger partial charge in [-0.25, -0.2) is 4.79 Å². The van der Waals surface area contributed by atoms with Gasteiger partial charge < -0.3 is 9.52 Å². The number of furan rings is 1. The molecular weight excluding hydrogens is 277 g/mol. The first kappa shape index (κ1) is 14.6.